The van der Waals surface area contributed by atoms with Gasteiger partial charge >= 0.3 is 0 Å². The van der Waals surface area contributed by atoms with Gasteiger partial charge in [-0.3, -0.25) is 4.79 Å². The van der Waals surface area contributed by atoms with Crippen molar-refractivity contribution in [1.82, 2.24) is 5.32 Å². The topological polar surface area (TPSA) is 44.4 Å². The van der Waals surface area contributed by atoms with E-state index in [0.29, 0.717) is 12.6 Å². The second kappa shape index (κ2) is 7.17. The van der Waals surface area contributed by atoms with E-state index in [-0.39, 0.29) is 5.91 Å². The molecule has 2 rings (SSSR count). The van der Waals surface area contributed by atoms with Gasteiger partial charge in [0.1, 0.15) is 0 Å². The van der Waals surface area contributed by atoms with Gasteiger partial charge in [-0.25, -0.2) is 0 Å². The van der Waals surface area contributed by atoms with Crippen molar-refractivity contribution in [3.8, 4) is 0 Å². The third-order valence-electron chi connectivity index (χ3n) is 3.79. The normalized spacial score (nSPS) is 15.7. The molecule has 4 nitrogen and oxygen atoms in total. The Hall–Kier alpha value is -1.71. The molecule has 1 fully saturated rings. The van der Waals surface area contributed by atoms with E-state index in [0.717, 1.165) is 24.2 Å². The van der Waals surface area contributed by atoms with Crippen molar-refractivity contribution >= 4 is 17.3 Å². The van der Waals surface area contributed by atoms with Crippen LogP contribution in [0.4, 0.5) is 11.4 Å². The van der Waals surface area contributed by atoms with Crippen molar-refractivity contribution < 1.29 is 4.79 Å². The van der Waals surface area contributed by atoms with Crippen molar-refractivity contribution in [2.45, 2.75) is 38.1 Å². The second-order valence-corrected chi connectivity index (χ2v) is 5.70. The molecule has 1 aliphatic carbocycles. The summed E-state index contributed by atoms with van der Waals surface area (Å²) in [7, 11) is 4.02. The summed E-state index contributed by atoms with van der Waals surface area (Å²) >= 11 is 0. The lowest BCUT2D eigenvalue weighted by Crippen LogP contribution is -2.39. The minimum absolute atomic E-state index is 0.0900. The summed E-state index contributed by atoms with van der Waals surface area (Å²) in [5.41, 5.74) is 2.11. The molecule has 0 saturated heterocycles. The number of amides is 1. The fraction of sp³-hybridized carbons (Fsp3) is 0.562. The van der Waals surface area contributed by atoms with Crippen LogP contribution in [-0.4, -0.2) is 32.6 Å². The van der Waals surface area contributed by atoms with E-state index in [1.54, 1.807) is 0 Å². The molecule has 0 heterocycles. The van der Waals surface area contributed by atoms with Crippen LogP contribution >= 0.6 is 0 Å². The first-order chi connectivity index (χ1) is 9.65. The van der Waals surface area contributed by atoms with Gasteiger partial charge in [-0.1, -0.05) is 25.3 Å². The van der Waals surface area contributed by atoms with Gasteiger partial charge in [0.15, 0.2) is 0 Å². The van der Waals surface area contributed by atoms with Gasteiger partial charge in [0.2, 0.25) is 5.91 Å². The SMILES string of the molecule is CN(C)c1cccc(NCC(=O)NC2CCCCC2)c1. The van der Waals surface area contributed by atoms with Crippen LogP contribution in [0.5, 0.6) is 0 Å². The summed E-state index contributed by atoms with van der Waals surface area (Å²) in [6, 6.07) is 8.46. The smallest absolute Gasteiger partial charge is 0.239 e. The minimum atomic E-state index is 0.0900. The molecule has 0 bridgehead atoms. The van der Waals surface area contributed by atoms with E-state index in [9.17, 15) is 4.79 Å². The lowest BCUT2D eigenvalue weighted by molar-refractivity contribution is -0.120. The number of hydrogen-bond donors (Lipinski definition) is 2. The molecule has 1 aromatic carbocycles. The Morgan fingerprint density at radius 1 is 1.25 bits per heavy atom. The maximum atomic E-state index is 11.9. The highest BCUT2D eigenvalue weighted by atomic mass is 16.1. The Labute approximate surface area is 121 Å². The molecule has 1 aliphatic rings. The van der Waals surface area contributed by atoms with Gasteiger partial charge in [0.25, 0.3) is 0 Å². The van der Waals surface area contributed by atoms with E-state index in [4.69, 9.17) is 0 Å². The summed E-state index contributed by atoms with van der Waals surface area (Å²) in [6.45, 7) is 0.341. The van der Waals surface area contributed by atoms with Gasteiger partial charge in [0.05, 0.1) is 6.54 Å². The molecule has 0 atom stereocenters. The number of nitrogens with zero attached hydrogens (tertiary/aromatic N) is 1. The minimum Gasteiger partial charge on any atom is -0.378 e. The Kier molecular flexibility index (Phi) is 5.27. The third-order valence-corrected chi connectivity index (χ3v) is 3.79. The first-order valence-electron chi connectivity index (χ1n) is 7.46. The van der Waals surface area contributed by atoms with Gasteiger partial charge < -0.3 is 15.5 Å². The lowest BCUT2D eigenvalue weighted by Gasteiger charge is -2.23. The van der Waals surface area contributed by atoms with Crippen molar-refractivity contribution in [2.24, 2.45) is 0 Å². The fourth-order valence-electron chi connectivity index (χ4n) is 2.60. The molecule has 1 aromatic rings. The highest BCUT2D eigenvalue weighted by Gasteiger charge is 2.15. The summed E-state index contributed by atoms with van der Waals surface area (Å²) in [4.78, 5) is 14.0. The van der Waals surface area contributed by atoms with Crippen molar-refractivity contribution in [2.75, 3.05) is 30.9 Å². The molecule has 20 heavy (non-hydrogen) atoms. The maximum Gasteiger partial charge on any atom is 0.239 e. The predicted octanol–water partition coefficient (Wildman–Crippen LogP) is 2.61. The average Bonchev–Trinajstić information content (AvgIpc) is 2.46. The number of carbonyl (C=O) groups excluding carboxylic acids is 1. The van der Waals surface area contributed by atoms with Gasteiger partial charge in [-0.05, 0) is 31.0 Å². The fourth-order valence-corrected chi connectivity index (χ4v) is 2.60. The Balaban J connectivity index is 1.79. The number of carbonyl (C=O) groups is 1. The first kappa shape index (κ1) is 14.7. The molecule has 4 heteroatoms. The van der Waals surface area contributed by atoms with Gasteiger partial charge in [-0.2, -0.15) is 0 Å². The average molecular weight is 275 g/mol. The molecule has 0 unspecified atom stereocenters. The van der Waals surface area contributed by atoms with Gasteiger partial charge in [-0.15, -0.1) is 0 Å². The quantitative estimate of drug-likeness (QED) is 0.868. The molecule has 2 N–H and O–H groups in total. The van der Waals surface area contributed by atoms with Crippen LogP contribution in [0.15, 0.2) is 24.3 Å². The van der Waals surface area contributed by atoms with Crippen LogP contribution in [0, 0.1) is 0 Å². The highest BCUT2D eigenvalue weighted by molar-refractivity contribution is 5.81. The standard InChI is InChI=1S/C16H25N3O/c1-19(2)15-10-6-9-14(11-15)17-12-16(20)18-13-7-4-3-5-8-13/h6,9-11,13,17H,3-5,7-8,12H2,1-2H3,(H,18,20). The number of hydrogen-bond acceptors (Lipinski definition) is 3. The zero-order chi connectivity index (χ0) is 14.4. The van der Waals surface area contributed by atoms with E-state index < -0.39 is 0 Å². The van der Waals surface area contributed by atoms with Crippen molar-refractivity contribution in [3.05, 3.63) is 24.3 Å². The van der Waals surface area contributed by atoms with Gasteiger partial charge in [0, 0.05) is 31.5 Å². The predicted molar refractivity (Wildman–Crippen MR) is 84.3 cm³/mol. The third kappa shape index (κ3) is 4.44. The highest BCUT2D eigenvalue weighted by Crippen LogP contribution is 2.18. The molecule has 0 spiro atoms. The van der Waals surface area contributed by atoms with Crippen LogP contribution in [0.25, 0.3) is 0 Å². The molecule has 110 valence electrons. The van der Waals surface area contributed by atoms with E-state index in [1.807, 2.05) is 43.3 Å². The van der Waals surface area contributed by atoms with Crippen LogP contribution in [0.2, 0.25) is 0 Å². The molecule has 0 radical (unpaired) electrons. The van der Waals surface area contributed by atoms with E-state index in [1.165, 1.54) is 19.3 Å². The molecule has 1 amide bonds. The monoisotopic (exact) mass is 275 g/mol. The van der Waals surface area contributed by atoms with Crippen LogP contribution < -0.4 is 15.5 Å². The van der Waals surface area contributed by atoms with E-state index in [2.05, 4.69) is 10.6 Å². The van der Waals surface area contributed by atoms with Crippen molar-refractivity contribution in [1.29, 1.82) is 0 Å². The maximum absolute atomic E-state index is 11.9. The van der Waals surface area contributed by atoms with Crippen molar-refractivity contribution in [3.63, 3.8) is 0 Å². The Bertz CT molecular complexity index is 439. The largest absolute Gasteiger partial charge is 0.378 e. The number of nitrogens with one attached hydrogen (secondary N) is 2. The van der Waals surface area contributed by atoms with E-state index >= 15 is 0 Å². The number of rotatable bonds is 5. The number of anilines is 2. The second-order valence-electron chi connectivity index (χ2n) is 5.70. The summed E-state index contributed by atoms with van der Waals surface area (Å²) in [5.74, 6) is 0.0900. The summed E-state index contributed by atoms with van der Waals surface area (Å²) < 4.78 is 0. The summed E-state index contributed by atoms with van der Waals surface area (Å²) in [6.07, 6.45) is 6.04. The van der Waals surface area contributed by atoms with Crippen LogP contribution in [-0.2, 0) is 4.79 Å². The first-order valence-corrected chi connectivity index (χ1v) is 7.46. The zero-order valence-electron chi connectivity index (χ0n) is 12.5. The number of benzene rings is 1. The Morgan fingerprint density at radius 3 is 2.70 bits per heavy atom. The lowest BCUT2D eigenvalue weighted by atomic mass is 9.95. The molecule has 1 saturated carbocycles. The molecule has 0 aromatic heterocycles. The zero-order valence-corrected chi connectivity index (χ0v) is 12.5. The Morgan fingerprint density at radius 2 is 2.00 bits per heavy atom. The molecular formula is C16H25N3O. The van der Waals surface area contributed by atoms with Crippen LogP contribution in [0.1, 0.15) is 32.1 Å². The van der Waals surface area contributed by atoms with Crippen LogP contribution in [0.3, 0.4) is 0 Å². The summed E-state index contributed by atoms with van der Waals surface area (Å²) in [5, 5.41) is 6.31. The molecule has 0 aliphatic heterocycles. The molecular weight excluding hydrogens is 250 g/mol.